The van der Waals surface area contributed by atoms with Gasteiger partial charge in [-0.05, 0) is 36.5 Å². The predicted molar refractivity (Wildman–Crippen MR) is 126 cm³/mol. The van der Waals surface area contributed by atoms with Gasteiger partial charge in [0.15, 0.2) is 0 Å². The molecule has 37 heavy (non-hydrogen) atoms. The molecule has 0 bridgehead atoms. The largest absolute Gasteiger partial charge is 0.431 e. The highest BCUT2D eigenvalue weighted by molar-refractivity contribution is 7.90. The first-order chi connectivity index (χ1) is 17.0. The fourth-order valence-corrected chi connectivity index (χ4v) is 5.79. The lowest BCUT2D eigenvalue weighted by molar-refractivity contribution is -0.140. The van der Waals surface area contributed by atoms with Crippen LogP contribution in [0.25, 0.3) is 22.0 Å². The molecule has 0 spiro atoms. The Kier molecular flexibility index (Phi) is 6.77. The number of H-pyrrole nitrogens is 1. The highest BCUT2D eigenvalue weighted by Crippen LogP contribution is 2.40. The number of aromatic amines is 1. The molecule has 1 aromatic carbocycles. The number of benzene rings is 1. The first kappa shape index (κ1) is 27.2. The van der Waals surface area contributed by atoms with Gasteiger partial charge in [-0.25, -0.2) is 26.3 Å². The number of hydrogen-bond donors (Lipinski definition) is 2. The number of rotatable bonds is 7. The third-order valence-electron chi connectivity index (χ3n) is 5.98. The standard InChI is InChI=1S/C24H25F6N3O3S/c1-23(2,3)11-33-10-16(20(22(26)27)32-37(35,36)12-4-5-12)15-8-17(25)14(9-18(15)33)13-6-7-19(34)31-21(13)24(28,29)30/h6-10,12,20,22,32H,4-5,11H2,1-3H3,(H,31,34)/t20-/m0/s1. The summed E-state index contributed by atoms with van der Waals surface area (Å²) in [5.74, 6) is -1.15. The van der Waals surface area contributed by atoms with Gasteiger partial charge < -0.3 is 9.55 Å². The van der Waals surface area contributed by atoms with E-state index in [0.29, 0.717) is 12.8 Å². The number of alkyl halides is 5. The molecule has 4 rings (SSSR count). The fraction of sp³-hybridized carbons (Fsp3) is 0.458. The van der Waals surface area contributed by atoms with Gasteiger partial charge in [-0.1, -0.05) is 20.8 Å². The zero-order valence-electron chi connectivity index (χ0n) is 20.1. The average Bonchev–Trinajstić information content (AvgIpc) is 3.56. The Bertz CT molecular complexity index is 1500. The molecule has 0 unspecified atom stereocenters. The Morgan fingerprint density at radius 3 is 2.30 bits per heavy atom. The van der Waals surface area contributed by atoms with Gasteiger partial charge in [-0.3, -0.25) is 4.79 Å². The molecular weight excluding hydrogens is 524 g/mol. The highest BCUT2D eigenvalue weighted by Gasteiger charge is 2.40. The van der Waals surface area contributed by atoms with Gasteiger partial charge >= 0.3 is 6.18 Å². The van der Waals surface area contributed by atoms with Gasteiger partial charge in [0.1, 0.15) is 17.6 Å². The summed E-state index contributed by atoms with van der Waals surface area (Å²) in [5, 5.41) is -0.840. The smallest absolute Gasteiger partial charge is 0.347 e. The van der Waals surface area contributed by atoms with E-state index in [1.165, 1.54) is 10.8 Å². The molecule has 13 heteroatoms. The zero-order valence-corrected chi connectivity index (χ0v) is 20.9. The Morgan fingerprint density at radius 1 is 1.11 bits per heavy atom. The monoisotopic (exact) mass is 549 g/mol. The van der Waals surface area contributed by atoms with Crippen molar-refractivity contribution in [3.05, 3.63) is 57.9 Å². The maximum atomic E-state index is 15.3. The van der Waals surface area contributed by atoms with Gasteiger partial charge in [0.05, 0.1) is 5.25 Å². The minimum Gasteiger partial charge on any atom is -0.347 e. The summed E-state index contributed by atoms with van der Waals surface area (Å²) in [7, 11) is -4.05. The molecule has 2 aromatic heterocycles. The maximum absolute atomic E-state index is 15.3. The summed E-state index contributed by atoms with van der Waals surface area (Å²) in [6.07, 6.45) is -6.22. The van der Waals surface area contributed by atoms with Crippen molar-refractivity contribution < 1.29 is 34.8 Å². The van der Waals surface area contributed by atoms with Gasteiger partial charge in [0, 0.05) is 46.4 Å². The summed E-state index contributed by atoms with van der Waals surface area (Å²) in [6, 6.07) is 1.60. The van der Waals surface area contributed by atoms with Crippen LogP contribution in [0.5, 0.6) is 0 Å². The molecule has 3 aromatic rings. The molecule has 1 aliphatic carbocycles. The first-order valence-corrected chi connectivity index (χ1v) is 12.9. The molecule has 2 N–H and O–H groups in total. The van der Waals surface area contributed by atoms with E-state index in [1.54, 1.807) is 4.98 Å². The number of pyridine rings is 1. The summed E-state index contributed by atoms with van der Waals surface area (Å²) in [6.45, 7) is 5.73. The molecule has 1 atom stereocenters. The molecule has 6 nitrogen and oxygen atoms in total. The Balaban J connectivity index is 1.96. The van der Waals surface area contributed by atoms with Gasteiger partial charge in [-0.2, -0.15) is 13.2 Å². The van der Waals surface area contributed by atoms with E-state index in [4.69, 9.17) is 0 Å². The topological polar surface area (TPSA) is 84.0 Å². The van der Waals surface area contributed by atoms with E-state index in [9.17, 15) is 35.2 Å². The Labute approximate surface area is 208 Å². The summed E-state index contributed by atoms with van der Waals surface area (Å²) in [5.41, 5.74) is -4.09. The van der Waals surface area contributed by atoms with E-state index < -0.39 is 67.5 Å². The van der Waals surface area contributed by atoms with Crippen molar-refractivity contribution in [2.75, 3.05) is 0 Å². The van der Waals surface area contributed by atoms with Crippen LogP contribution in [0, 0.1) is 11.2 Å². The number of aromatic nitrogens is 2. The molecule has 0 amide bonds. The van der Waals surface area contributed by atoms with Crippen molar-refractivity contribution in [2.24, 2.45) is 5.41 Å². The minimum atomic E-state index is -5.00. The number of sulfonamides is 1. The highest BCUT2D eigenvalue weighted by atomic mass is 32.2. The third kappa shape index (κ3) is 5.71. The predicted octanol–water partition coefficient (Wildman–Crippen LogP) is 5.59. The number of halogens is 6. The second-order valence-electron chi connectivity index (χ2n) is 10.4. The average molecular weight is 550 g/mol. The molecule has 0 aliphatic heterocycles. The van der Waals surface area contributed by atoms with E-state index in [0.717, 1.165) is 24.3 Å². The van der Waals surface area contributed by atoms with Crippen molar-refractivity contribution in [1.82, 2.24) is 14.3 Å². The summed E-state index contributed by atoms with van der Waals surface area (Å²) in [4.78, 5) is 13.2. The van der Waals surface area contributed by atoms with Crippen molar-refractivity contribution in [3.63, 3.8) is 0 Å². The number of nitrogens with one attached hydrogen (secondary N) is 2. The van der Waals surface area contributed by atoms with Crippen molar-refractivity contribution >= 4 is 20.9 Å². The maximum Gasteiger partial charge on any atom is 0.431 e. The van der Waals surface area contributed by atoms with Crippen LogP contribution < -0.4 is 10.3 Å². The van der Waals surface area contributed by atoms with Crippen LogP contribution in [-0.2, 0) is 22.7 Å². The fourth-order valence-electron chi connectivity index (χ4n) is 4.26. The molecule has 1 fully saturated rings. The van der Waals surface area contributed by atoms with Gasteiger partial charge in [0.25, 0.3) is 6.43 Å². The van der Waals surface area contributed by atoms with Gasteiger partial charge in [-0.15, -0.1) is 0 Å². The van der Waals surface area contributed by atoms with Crippen molar-refractivity contribution in [1.29, 1.82) is 0 Å². The van der Waals surface area contributed by atoms with Crippen LogP contribution in [0.2, 0.25) is 0 Å². The van der Waals surface area contributed by atoms with Gasteiger partial charge in [0.2, 0.25) is 15.6 Å². The van der Waals surface area contributed by atoms with Crippen LogP contribution in [0.4, 0.5) is 26.3 Å². The molecule has 0 saturated heterocycles. The lowest BCUT2D eigenvalue weighted by atomic mass is 9.96. The molecule has 2 heterocycles. The third-order valence-corrected chi connectivity index (χ3v) is 7.91. The van der Waals surface area contributed by atoms with Crippen LogP contribution in [0.15, 0.2) is 35.3 Å². The normalized spacial score (nSPS) is 16.1. The van der Waals surface area contributed by atoms with E-state index in [1.807, 2.05) is 25.5 Å². The molecule has 202 valence electrons. The van der Waals surface area contributed by atoms with Crippen molar-refractivity contribution in [2.45, 2.75) is 64.1 Å². The minimum absolute atomic E-state index is 0.0627. The van der Waals surface area contributed by atoms with E-state index in [-0.39, 0.29) is 23.0 Å². The van der Waals surface area contributed by atoms with E-state index >= 15 is 4.39 Å². The summed E-state index contributed by atoms with van der Waals surface area (Å²) >= 11 is 0. The first-order valence-electron chi connectivity index (χ1n) is 11.4. The second-order valence-corrected chi connectivity index (χ2v) is 12.4. The molecular formula is C24H25F6N3O3S. The number of hydrogen-bond acceptors (Lipinski definition) is 3. The number of nitrogens with zero attached hydrogens (tertiary/aromatic N) is 1. The zero-order chi connectivity index (χ0) is 27.5. The lowest BCUT2D eigenvalue weighted by Gasteiger charge is -2.20. The molecule has 1 aliphatic rings. The van der Waals surface area contributed by atoms with Crippen LogP contribution >= 0.6 is 0 Å². The molecule has 1 saturated carbocycles. The van der Waals surface area contributed by atoms with Crippen LogP contribution in [0.3, 0.4) is 0 Å². The van der Waals surface area contributed by atoms with Crippen molar-refractivity contribution in [3.8, 4) is 11.1 Å². The SMILES string of the molecule is CC(C)(C)Cn1cc([C@H](NS(=O)(=O)C2CC2)C(F)F)c2cc(F)c(-c3ccc(=O)[nH]c3C(F)(F)F)cc21. The number of fused-ring (bicyclic) bond motifs is 1. The van der Waals surface area contributed by atoms with Crippen LogP contribution in [-0.4, -0.2) is 29.6 Å². The van der Waals surface area contributed by atoms with Crippen LogP contribution in [0.1, 0.15) is 50.9 Å². The Hall–Kier alpha value is -2.80. The van der Waals surface area contributed by atoms with E-state index in [2.05, 4.69) is 0 Å². The quantitative estimate of drug-likeness (QED) is 0.377. The second kappa shape index (κ2) is 9.19. The molecule has 0 radical (unpaired) electrons. The lowest BCUT2D eigenvalue weighted by Crippen LogP contribution is -2.35. The Morgan fingerprint density at radius 2 is 1.76 bits per heavy atom. The summed E-state index contributed by atoms with van der Waals surface area (Å²) < 4.78 is 113.